The molecule has 2 aromatic rings. The standard InChI is InChI=1S/C13H18N6O/c1-4-20-8-11(1)17-2-3-19-12(5-15-13(19)7-17)6-18-10-14-9-16-18/h5,9-11H,1-4,6-8H2. The first kappa shape index (κ1) is 12.0. The van der Waals surface area contributed by atoms with E-state index in [0.717, 1.165) is 51.6 Å². The summed E-state index contributed by atoms with van der Waals surface area (Å²) in [5.74, 6) is 1.15. The maximum atomic E-state index is 5.49. The molecule has 2 aromatic heterocycles. The highest BCUT2D eigenvalue weighted by Crippen LogP contribution is 2.20. The Morgan fingerprint density at radius 3 is 3.15 bits per heavy atom. The smallest absolute Gasteiger partial charge is 0.137 e. The highest BCUT2D eigenvalue weighted by molar-refractivity contribution is 5.08. The Morgan fingerprint density at radius 2 is 2.35 bits per heavy atom. The van der Waals surface area contributed by atoms with Gasteiger partial charge in [-0.25, -0.2) is 14.6 Å². The quantitative estimate of drug-likeness (QED) is 0.796. The van der Waals surface area contributed by atoms with Crippen molar-refractivity contribution in [2.24, 2.45) is 0 Å². The van der Waals surface area contributed by atoms with E-state index in [4.69, 9.17) is 4.74 Å². The molecule has 0 aromatic carbocycles. The maximum absolute atomic E-state index is 5.49. The number of ether oxygens (including phenoxy) is 1. The minimum atomic E-state index is 0.569. The van der Waals surface area contributed by atoms with Gasteiger partial charge in [-0.15, -0.1) is 0 Å². The van der Waals surface area contributed by atoms with Gasteiger partial charge in [0, 0.05) is 25.7 Å². The minimum Gasteiger partial charge on any atom is -0.380 e. The van der Waals surface area contributed by atoms with Crippen LogP contribution in [-0.4, -0.2) is 55.0 Å². The van der Waals surface area contributed by atoms with E-state index < -0.39 is 0 Å². The van der Waals surface area contributed by atoms with E-state index in [2.05, 4.69) is 24.5 Å². The van der Waals surface area contributed by atoms with Crippen molar-refractivity contribution in [3.05, 3.63) is 30.4 Å². The Hall–Kier alpha value is -1.73. The van der Waals surface area contributed by atoms with Crippen LogP contribution in [0.15, 0.2) is 18.9 Å². The van der Waals surface area contributed by atoms with Gasteiger partial charge in [0.1, 0.15) is 18.5 Å². The van der Waals surface area contributed by atoms with Crippen molar-refractivity contribution in [3.8, 4) is 0 Å². The highest BCUT2D eigenvalue weighted by atomic mass is 16.5. The molecular weight excluding hydrogens is 256 g/mol. The zero-order chi connectivity index (χ0) is 13.4. The van der Waals surface area contributed by atoms with Crippen molar-refractivity contribution in [2.75, 3.05) is 19.8 Å². The molecular formula is C13H18N6O. The molecule has 4 rings (SSSR count). The predicted octanol–water partition coefficient (Wildman–Crippen LogP) is 0.127. The first-order valence-electron chi connectivity index (χ1n) is 7.07. The zero-order valence-corrected chi connectivity index (χ0v) is 11.4. The molecule has 106 valence electrons. The Morgan fingerprint density at radius 1 is 1.35 bits per heavy atom. The number of rotatable bonds is 3. The van der Waals surface area contributed by atoms with E-state index in [1.807, 2.05) is 10.9 Å². The molecule has 7 heteroatoms. The van der Waals surface area contributed by atoms with Crippen LogP contribution in [0.4, 0.5) is 0 Å². The minimum absolute atomic E-state index is 0.569. The third-order valence-electron chi connectivity index (χ3n) is 4.19. The molecule has 2 aliphatic heterocycles. The fourth-order valence-corrected chi connectivity index (χ4v) is 3.07. The lowest BCUT2D eigenvalue weighted by atomic mass is 10.2. The van der Waals surface area contributed by atoms with Crippen molar-refractivity contribution in [1.29, 1.82) is 0 Å². The number of aromatic nitrogens is 5. The average Bonchev–Trinajstić information content (AvgIpc) is 3.20. The number of hydrogen-bond acceptors (Lipinski definition) is 5. The molecule has 0 spiro atoms. The molecule has 1 atom stereocenters. The maximum Gasteiger partial charge on any atom is 0.137 e. The number of hydrogen-bond donors (Lipinski definition) is 0. The molecule has 1 fully saturated rings. The summed E-state index contributed by atoms with van der Waals surface area (Å²) in [6.45, 7) is 5.49. The fourth-order valence-electron chi connectivity index (χ4n) is 3.07. The van der Waals surface area contributed by atoms with Crippen LogP contribution in [-0.2, 0) is 24.4 Å². The summed E-state index contributed by atoms with van der Waals surface area (Å²) >= 11 is 0. The summed E-state index contributed by atoms with van der Waals surface area (Å²) in [4.78, 5) is 11.1. The van der Waals surface area contributed by atoms with Crippen LogP contribution in [0.5, 0.6) is 0 Å². The first-order valence-corrected chi connectivity index (χ1v) is 7.07. The van der Waals surface area contributed by atoms with E-state index >= 15 is 0 Å². The Balaban J connectivity index is 1.51. The molecule has 1 saturated heterocycles. The second-order valence-electron chi connectivity index (χ2n) is 5.40. The average molecular weight is 274 g/mol. The topological polar surface area (TPSA) is 61.0 Å². The van der Waals surface area contributed by atoms with Gasteiger partial charge in [0.15, 0.2) is 0 Å². The Labute approximate surface area is 117 Å². The van der Waals surface area contributed by atoms with E-state index in [-0.39, 0.29) is 0 Å². The molecule has 0 N–H and O–H groups in total. The summed E-state index contributed by atoms with van der Waals surface area (Å²) in [5, 5.41) is 4.16. The normalized spacial score (nSPS) is 23.1. The SMILES string of the molecule is c1ncn(Cc2cnc3n2CCN(C2CCOC2)C3)n1. The lowest BCUT2D eigenvalue weighted by Crippen LogP contribution is -2.41. The second kappa shape index (κ2) is 4.99. The van der Waals surface area contributed by atoms with Crippen LogP contribution in [0.25, 0.3) is 0 Å². The third kappa shape index (κ3) is 2.12. The molecule has 20 heavy (non-hydrogen) atoms. The summed E-state index contributed by atoms with van der Waals surface area (Å²) in [6, 6.07) is 0.569. The lowest BCUT2D eigenvalue weighted by Gasteiger charge is -2.32. The van der Waals surface area contributed by atoms with Gasteiger partial charge in [-0.05, 0) is 6.42 Å². The zero-order valence-electron chi connectivity index (χ0n) is 11.4. The van der Waals surface area contributed by atoms with Crippen molar-refractivity contribution >= 4 is 0 Å². The van der Waals surface area contributed by atoms with Gasteiger partial charge in [0.25, 0.3) is 0 Å². The van der Waals surface area contributed by atoms with Gasteiger partial charge in [-0.1, -0.05) is 0 Å². The van der Waals surface area contributed by atoms with Crippen molar-refractivity contribution in [3.63, 3.8) is 0 Å². The van der Waals surface area contributed by atoms with Crippen LogP contribution in [0, 0.1) is 0 Å². The fraction of sp³-hybridized carbons (Fsp3) is 0.615. The molecule has 0 radical (unpaired) electrons. The van der Waals surface area contributed by atoms with E-state index in [1.165, 1.54) is 5.69 Å². The molecule has 1 unspecified atom stereocenters. The van der Waals surface area contributed by atoms with Crippen LogP contribution in [0.2, 0.25) is 0 Å². The van der Waals surface area contributed by atoms with Crippen LogP contribution < -0.4 is 0 Å². The van der Waals surface area contributed by atoms with Crippen molar-refractivity contribution < 1.29 is 4.74 Å². The largest absolute Gasteiger partial charge is 0.380 e. The van der Waals surface area contributed by atoms with Gasteiger partial charge in [-0.2, -0.15) is 5.10 Å². The Kier molecular flexibility index (Phi) is 3.00. The van der Waals surface area contributed by atoms with Crippen molar-refractivity contribution in [2.45, 2.75) is 32.1 Å². The van der Waals surface area contributed by atoms with E-state index in [0.29, 0.717) is 6.04 Å². The summed E-state index contributed by atoms with van der Waals surface area (Å²) in [5.41, 5.74) is 1.20. The van der Waals surface area contributed by atoms with E-state index in [1.54, 1.807) is 12.7 Å². The second-order valence-corrected chi connectivity index (χ2v) is 5.40. The first-order chi connectivity index (χ1) is 9.90. The van der Waals surface area contributed by atoms with Gasteiger partial charge in [0.05, 0.1) is 31.6 Å². The molecule has 4 heterocycles. The number of nitrogens with zero attached hydrogens (tertiary/aromatic N) is 6. The molecule has 0 saturated carbocycles. The molecule has 0 aliphatic carbocycles. The third-order valence-corrected chi connectivity index (χ3v) is 4.19. The number of imidazole rings is 1. The predicted molar refractivity (Wildman–Crippen MR) is 71.0 cm³/mol. The van der Waals surface area contributed by atoms with Crippen LogP contribution in [0.1, 0.15) is 17.9 Å². The monoisotopic (exact) mass is 274 g/mol. The highest BCUT2D eigenvalue weighted by Gasteiger charge is 2.28. The van der Waals surface area contributed by atoms with Crippen LogP contribution in [0.3, 0.4) is 0 Å². The van der Waals surface area contributed by atoms with Gasteiger partial charge < -0.3 is 9.30 Å². The van der Waals surface area contributed by atoms with Gasteiger partial charge >= 0.3 is 0 Å². The summed E-state index contributed by atoms with van der Waals surface area (Å²) in [7, 11) is 0. The molecule has 7 nitrogen and oxygen atoms in total. The lowest BCUT2D eigenvalue weighted by molar-refractivity contribution is 0.120. The Bertz CT molecular complexity index is 572. The molecule has 0 amide bonds. The van der Waals surface area contributed by atoms with Crippen molar-refractivity contribution in [1.82, 2.24) is 29.2 Å². The van der Waals surface area contributed by atoms with Gasteiger partial charge in [-0.3, -0.25) is 4.90 Å². The molecule has 2 aliphatic rings. The van der Waals surface area contributed by atoms with Gasteiger partial charge in [0.2, 0.25) is 0 Å². The summed E-state index contributed by atoms with van der Waals surface area (Å²) < 4.78 is 9.63. The van der Waals surface area contributed by atoms with Crippen LogP contribution >= 0.6 is 0 Å². The summed E-state index contributed by atoms with van der Waals surface area (Å²) in [6.07, 6.45) is 6.42. The van der Waals surface area contributed by atoms with E-state index in [9.17, 15) is 0 Å². The number of fused-ring (bicyclic) bond motifs is 1. The molecule has 0 bridgehead atoms.